The number of rotatable bonds is 6. The first-order chi connectivity index (χ1) is 13.5. The van der Waals surface area contributed by atoms with E-state index in [1.54, 1.807) is 36.4 Å². The predicted octanol–water partition coefficient (Wildman–Crippen LogP) is 5.86. The monoisotopic (exact) mass is 501 g/mol. The molecule has 0 saturated heterocycles. The molecule has 0 aromatic heterocycles. The van der Waals surface area contributed by atoms with Crippen LogP contribution in [0.5, 0.6) is 23.0 Å². The molecule has 0 N–H and O–H groups in total. The van der Waals surface area contributed by atoms with E-state index in [4.69, 9.17) is 19.5 Å². The van der Waals surface area contributed by atoms with E-state index in [1.165, 1.54) is 0 Å². The van der Waals surface area contributed by atoms with Crippen molar-refractivity contribution in [3.63, 3.8) is 0 Å². The van der Waals surface area contributed by atoms with Gasteiger partial charge >= 0.3 is 5.97 Å². The maximum atomic E-state index is 12.1. The van der Waals surface area contributed by atoms with Crippen molar-refractivity contribution in [2.24, 2.45) is 0 Å². The zero-order valence-corrected chi connectivity index (χ0v) is 17.6. The van der Waals surface area contributed by atoms with Gasteiger partial charge in [0.05, 0.1) is 20.6 Å². The smallest absolute Gasteiger partial charge is 0.349 e. The zero-order valence-electron chi connectivity index (χ0n) is 14.4. The fourth-order valence-corrected chi connectivity index (χ4v) is 3.58. The van der Waals surface area contributed by atoms with E-state index in [0.717, 1.165) is 5.75 Å². The van der Waals surface area contributed by atoms with Gasteiger partial charge in [0.2, 0.25) is 0 Å². The zero-order chi connectivity index (χ0) is 19.9. The molecule has 0 heterocycles. The lowest BCUT2D eigenvalue weighted by atomic mass is 10.2. The summed E-state index contributed by atoms with van der Waals surface area (Å²) in [6, 6.07) is 21.5. The summed E-state index contributed by atoms with van der Waals surface area (Å²) < 4.78 is 17.5. The molecule has 0 aliphatic heterocycles. The molecule has 0 saturated carbocycles. The van der Waals surface area contributed by atoms with Crippen LogP contribution in [0.1, 0.15) is 5.56 Å². The van der Waals surface area contributed by atoms with Crippen molar-refractivity contribution in [1.82, 2.24) is 0 Å². The highest BCUT2D eigenvalue weighted by Crippen LogP contribution is 2.34. The van der Waals surface area contributed by atoms with Crippen molar-refractivity contribution < 1.29 is 19.0 Å². The Bertz CT molecular complexity index is 992. The highest BCUT2D eigenvalue weighted by Gasteiger charge is 2.14. The van der Waals surface area contributed by atoms with Gasteiger partial charge in [0.15, 0.2) is 12.4 Å². The molecule has 0 fully saturated rings. The van der Waals surface area contributed by atoms with Crippen LogP contribution in [0, 0.1) is 11.3 Å². The molecule has 0 bridgehead atoms. The summed E-state index contributed by atoms with van der Waals surface area (Å²) in [6.07, 6.45) is 0. The van der Waals surface area contributed by atoms with Gasteiger partial charge in [-0.25, -0.2) is 4.79 Å². The second-order valence-electron chi connectivity index (χ2n) is 5.53. The van der Waals surface area contributed by atoms with E-state index in [0.29, 0.717) is 31.8 Å². The number of hydrogen-bond acceptors (Lipinski definition) is 5. The number of hydrogen-bond donors (Lipinski definition) is 0. The third-order valence-corrected chi connectivity index (χ3v) is 4.68. The fraction of sp³-hybridized carbons (Fsp3) is 0.0476. The average Bonchev–Trinajstić information content (AvgIpc) is 2.71. The van der Waals surface area contributed by atoms with Crippen molar-refractivity contribution in [3.05, 3.63) is 81.2 Å². The minimum absolute atomic E-state index is 0.266. The highest BCUT2D eigenvalue weighted by atomic mass is 79.9. The van der Waals surface area contributed by atoms with Gasteiger partial charge in [0.1, 0.15) is 17.2 Å². The van der Waals surface area contributed by atoms with E-state index in [2.05, 4.69) is 31.9 Å². The molecule has 0 spiro atoms. The van der Waals surface area contributed by atoms with E-state index in [9.17, 15) is 4.79 Å². The molecule has 3 rings (SSSR count). The number of para-hydroxylation sites is 1. The minimum atomic E-state index is -0.573. The molecule has 0 amide bonds. The Labute approximate surface area is 178 Å². The van der Waals surface area contributed by atoms with Crippen LogP contribution in [0.4, 0.5) is 0 Å². The summed E-state index contributed by atoms with van der Waals surface area (Å²) in [5.41, 5.74) is 0.438. The first kappa shape index (κ1) is 19.9. The maximum absolute atomic E-state index is 12.1. The van der Waals surface area contributed by atoms with Crippen molar-refractivity contribution in [2.75, 3.05) is 6.61 Å². The van der Waals surface area contributed by atoms with Gasteiger partial charge in [-0.05, 0) is 80.4 Å². The maximum Gasteiger partial charge on any atom is 0.349 e. The Morgan fingerprint density at radius 1 is 0.893 bits per heavy atom. The van der Waals surface area contributed by atoms with E-state index in [1.807, 2.05) is 36.4 Å². The number of nitriles is 1. The summed E-state index contributed by atoms with van der Waals surface area (Å²) >= 11 is 6.57. The molecule has 0 radical (unpaired) electrons. The van der Waals surface area contributed by atoms with E-state index < -0.39 is 5.97 Å². The summed E-state index contributed by atoms with van der Waals surface area (Å²) in [5.74, 6) is 1.62. The molecular weight excluding hydrogens is 490 g/mol. The van der Waals surface area contributed by atoms with E-state index in [-0.39, 0.29) is 6.61 Å². The van der Waals surface area contributed by atoms with Crippen LogP contribution in [0.2, 0.25) is 0 Å². The Balaban J connectivity index is 1.56. The van der Waals surface area contributed by atoms with Gasteiger partial charge in [-0.3, -0.25) is 0 Å². The lowest BCUT2D eigenvalue weighted by Crippen LogP contribution is -2.18. The SMILES string of the molecule is N#Cc1cc(Br)c(OC(=O)COc2ccc(Oc3ccccc3)cc2)c(Br)c1. The lowest BCUT2D eigenvalue weighted by molar-refractivity contribution is -0.136. The number of halogens is 2. The summed E-state index contributed by atoms with van der Waals surface area (Å²) in [4.78, 5) is 12.1. The molecule has 28 heavy (non-hydrogen) atoms. The molecule has 0 atom stereocenters. The third kappa shape index (κ3) is 5.35. The number of benzene rings is 3. The van der Waals surface area contributed by atoms with Crippen LogP contribution < -0.4 is 14.2 Å². The van der Waals surface area contributed by atoms with E-state index >= 15 is 0 Å². The molecule has 0 aliphatic rings. The van der Waals surface area contributed by atoms with Crippen LogP contribution >= 0.6 is 31.9 Å². The number of carbonyl (C=O) groups excluding carboxylic acids is 1. The number of carbonyl (C=O) groups is 1. The Morgan fingerprint density at radius 2 is 1.46 bits per heavy atom. The third-order valence-electron chi connectivity index (χ3n) is 3.50. The first-order valence-electron chi connectivity index (χ1n) is 8.11. The van der Waals surface area contributed by atoms with Crippen LogP contribution in [0.25, 0.3) is 0 Å². The normalized spacial score (nSPS) is 10.0. The average molecular weight is 503 g/mol. The lowest BCUT2D eigenvalue weighted by Gasteiger charge is -2.10. The Morgan fingerprint density at radius 3 is 2.07 bits per heavy atom. The van der Waals surface area contributed by atoms with Gasteiger partial charge in [0, 0.05) is 0 Å². The number of esters is 1. The van der Waals surface area contributed by atoms with Crippen LogP contribution in [-0.4, -0.2) is 12.6 Å². The summed E-state index contributed by atoms with van der Waals surface area (Å²) in [7, 11) is 0. The standard InChI is InChI=1S/C21H13Br2NO4/c22-18-10-14(12-24)11-19(23)21(18)28-20(25)13-26-15-6-8-17(9-7-15)27-16-4-2-1-3-5-16/h1-11H,13H2. The van der Waals surface area contributed by atoms with Gasteiger partial charge in [-0.15, -0.1) is 0 Å². The van der Waals surface area contributed by atoms with Crippen molar-refractivity contribution in [2.45, 2.75) is 0 Å². The first-order valence-corrected chi connectivity index (χ1v) is 9.69. The van der Waals surface area contributed by atoms with Crippen molar-refractivity contribution >= 4 is 37.8 Å². The molecule has 5 nitrogen and oxygen atoms in total. The molecule has 0 unspecified atom stereocenters. The van der Waals surface area contributed by atoms with Gasteiger partial charge in [0.25, 0.3) is 0 Å². The van der Waals surface area contributed by atoms with Crippen molar-refractivity contribution in [1.29, 1.82) is 5.26 Å². The van der Waals surface area contributed by atoms with Gasteiger partial charge in [-0.1, -0.05) is 18.2 Å². The molecule has 7 heteroatoms. The number of ether oxygens (including phenoxy) is 3. The van der Waals surface area contributed by atoms with Crippen molar-refractivity contribution in [3.8, 4) is 29.1 Å². The second kappa shape index (κ2) is 9.40. The molecule has 3 aromatic carbocycles. The highest BCUT2D eigenvalue weighted by molar-refractivity contribution is 9.11. The quantitative estimate of drug-likeness (QED) is 0.312. The Hall–Kier alpha value is -2.82. The largest absolute Gasteiger partial charge is 0.482 e. The second-order valence-corrected chi connectivity index (χ2v) is 7.24. The molecule has 140 valence electrons. The predicted molar refractivity (Wildman–Crippen MR) is 111 cm³/mol. The minimum Gasteiger partial charge on any atom is -0.482 e. The molecule has 3 aromatic rings. The van der Waals surface area contributed by atoms with Crippen LogP contribution in [0.3, 0.4) is 0 Å². The fourth-order valence-electron chi connectivity index (χ4n) is 2.24. The summed E-state index contributed by atoms with van der Waals surface area (Å²) in [5, 5.41) is 8.94. The van der Waals surface area contributed by atoms with Crippen LogP contribution in [-0.2, 0) is 4.79 Å². The Kier molecular flexibility index (Phi) is 6.69. The number of nitrogens with zero attached hydrogens (tertiary/aromatic N) is 1. The summed E-state index contributed by atoms with van der Waals surface area (Å²) in [6.45, 7) is -0.266. The van der Waals surface area contributed by atoms with Gasteiger partial charge < -0.3 is 14.2 Å². The molecular formula is C21H13Br2NO4. The van der Waals surface area contributed by atoms with Crippen LogP contribution in [0.15, 0.2) is 75.7 Å². The topological polar surface area (TPSA) is 68.5 Å². The van der Waals surface area contributed by atoms with Gasteiger partial charge in [-0.2, -0.15) is 5.26 Å². The molecule has 0 aliphatic carbocycles.